The van der Waals surface area contributed by atoms with Crippen molar-refractivity contribution in [1.82, 2.24) is 5.32 Å². The van der Waals surface area contributed by atoms with Crippen molar-refractivity contribution in [3.63, 3.8) is 0 Å². The first-order valence-electron chi connectivity index (χ1n) is 9.03. The van der Waals surface area contributed by atoms with Crippen LogP contribution in [0.5, 0.6) is 11.5 Å². The maximum absolute atomic E-state index is 12.7. The van der Waals surface area contributed by atoms with E-state index in [1.165, 1.54) is 0 Å². The molecule has 2 aromatic rings. The van der Waals surface area contributed by atoms with E-state index in [1.54, 1.807) is 31.4 Å². The lowest BCUT2D eigenvalue weighted by atomic mass is 10.1. The highest BCUT2D eigenvalue weighted by atomic mass is 16.5. The number of rotatable bonds is 8. The van der Waals surface area contributed by atoms with Gasteiger partial charge in [-0.25, -0.2) is 0 Å². The molecule has 0 aromatic heterocycles. The Hall–Kier alpha value is -3.00. The number of benzene rings is 2. The maximum atomic E-state index is 12.7. The van der Waals surface area contributed by atoms with Gasteiger partial charge in [0.05, 0.1) is 12.7 Å². The number of nitrogens with one attached hydrogen (secondary N) is 1. The third-order valence-electron chi connectivity index (χ3n) is 4.25. The molecule has 142 valence electrons. The fourth-order valence-electron chi connectivity index (χ4n) is 2.81. The monoisotopic (exact) mass is 366 g/mol. The summed E-state index contributed by atoms with van der Waals surface area (Å²) in [5, 5.41) is 12.1. The predicted octanol–water partition coefficient (Wildman–Crippen LogP) is 3.64. The third-order valence-corrected chi connectivity index (χ3v) is 4.25. The summed E-state index contributed by atoms with van der Waals surface area (Å²) in [6, 6.07) is 15.0. The Labute approximate surface area is 160 Å². The lowest BCUT2D eigenvalue weighted by Crippen LogP contribution is -2.42. The van der Waals surface area contributed by atoms with Gasteiger partial charge in [-0.2, -0.15) is 5.26 Å². The van der Waals surface area contributed by atoms with Crippen molar-refractivity contribution in [2.75, 3.05) is 13.7 Å². The number of nitriles is 1. The molecular weight excluding hydrogens is 340 g/mol. The van der Waals surface area contributed by atoms with Gasteiger partial charge in [-0.05, 0) is 43.0 Å². The second kappa shape index (κ2) is 9.63. The average Bonchev–Trinajstić information content (AvgIpc) is 2.66. The minimum absolute atomic E-state index is 0.0368. The second-order valence-corrected chi connectivity index (χ2v) is 6.75. The first-order valence-corrected chi connectivity index (χ1v) is 9.03. The molecule has 0 aliphatic heterocycles. The number of ether oxygens (including phenoxy) is 2. The van der Waals surface area contributed by atoms with E-state index in [2.05, 4.69) is 17.5 Å². The van der Waals surface area contributed by atoms with Gasteiger partial charge in [0.1, 0.15) is 17.6 Å². The molecule has 1 unspecified atom stereocenters. The van der Waals surface area contributed by atoms with E-state index >= 15 is 0 Å². The molecule has 5 heteroatoms. The molecule has 0 bridgehead atoms. The van der Waals surface area contributed by atoms with E-state index in [1.807, 2.05) is 32.9 Å². The van der Waals surface area contributed by atoms with Crippen molar-refractivity contribution in [3.05, 3.63) is 59.2 Å². The van der Waals surface area contributed by atoms with E-state index in [4.69, 9.17) is 9.47 Å². The van der Waals surface area contributed by atoms with Crippen molar-refractivity contribution in [3.8, 4) is 17.6 Å². The molecule has 0 fully saturated rings. The van der Waals surface area contributed by atoms with E-state index in [0.29, 0.717) is 24.3 Å². The highest BCUT2D eigenvalue weighted by Gasteiger charge is 2.25. The normalized spacial score (nSPS) is 11.6. The van der Waals surface area contributed by atoms with Gasteiger partial charge in [-0.3, -0.25) is 4.79 Å². The predicted molar refractivity (Wildman–Crippen MR) is 105 cm³/mol. The molecule has 2 rings (SSSR count). The summed E-state index contributed by atoms with van der Waals surface area (Å²) < 4.78 is 11.2. The summed E-state index contributed by atoms with van der Waals surface area (Å²) in [5.41, 5.74) is 2.61. The van der Waals surface area contributed by atoms with E-state index in [-0.39, 0.29) is 11.8 Å². The first-order chi connectivity index (χ1) is 13.0. The number of amides is 1. The number of hydrogen-bond acceptors (Lipinski definition) is 4. The van der Waals surface area contributed by atoms with Crippen LogP contribution in [0, 0.1) is 24.2 Å². The molecular formula is C22H26N2O3. The van der Waals surface area contributed by atoms with Crippen molar-refractivity contribution in [2.45, 2.75) is 33.3 Å². The zero-order valence-electron chi connectivity index (χ0n) is 16.3. The number of nitrogens with zero attached hydrogens (tertiary/aromatic N) is 1. The number of hydrogen-bond donors (Lipinski definition) is 1. The smallest absolute Gasteiger partial charge is 0.261 e. The summed E-state index contributed by atoms with van der Waals surface area (Å²) in [4.78, 5) is 12.7. The van der Waals surface area contributed by atoms with Crippen LogP contribution in [-0.4, -0.2) is 25.7 Å². The van der Waals surface area contributed by atoms with Crippen LogP contribution < -0.4 is 14.8 Å². The van der Waals surface area contributed by atoms with Crippen LogP contribution in [0.2, 0.25) is 0 Å². The second-order valence-electron chi connectivity index (χ2n) is 6.75. The van der Waals surface area contributed by atoms with Crippen LogP contribution in [0.4, 0.5) is 0 Å². The topological polar surface area (TPSA) is 71.3 Å². The van der Waals surface area contributed by atoms with Crippen molar-refractivity contribution in [2.24, 2.45) is 5.92 Å². The summed E-state index contributed by atoms with van der Waals surface area (Å²) in [6.45, 7) is 6.34. The Kier molecular flexibility index (Phi) is 7.25. The number of aryl methyl sites for hydroxylation is 1. The Morgan fingerprint density at radius 3 is 2.59 bits per heavy atom. The summed E-state index contributed by atoms with van der Waals surface area (Å²) in [6.07, 6.45) is -0.00479. The van der Waals surface area contributed by atoms with Gasteiger partial charge in [0, 0.05) is 6.54 Å². The third kappa shape index (κ3) is 5.49. The Morgan fingerprint density at radius 1 is 1.19 bits per heavy atom. The fraction of sp³-hybridized carbons (Fsp3) is 0.364. The molecule has 0 spiro atoms. The quantitative estimate of drug-likeness (QED) is 0.774. The average molecular weight is 366 g/mol. The molecule has 0 radical (unpaired) electrons. The zero-order valence-corrected chi connectivity index (χ0v) is 16.3. The Bertz CT molecular complexity index is 825. The highest BCUT2D eigenvalue weighted by Crippen LogP contribution is 2.22. The molecule has 2 aromatic carbocycles. The molecule has 27 heavy (non-hydrogen) atoms. The summed E-state index contributed by atoms with van der Waals surface area (Å²) in [7, 11) is 1.64. The number of para-hydroxylation sites is 1. The Morgan fingerprint density at radius 2 is 1.93 bits per heavy atom. The minimum Gasteiger partial charge on any atom is -0.496 e. The van der Waals surface area contributed by atoms with Crippen molar-refractivity contribution in [1.29, 1.82) is 5.26 Å². The van der Waals surface area contributed by atoms with Crippen molar-refractivity contribution < 1.29 is 14.3 Å². The lowest BCUT2D eigenvalue weighted by molar-refractivity contribution is -0.129. The standard InChI is InChI=1S/C22H26N2O3/c1-15(2)21(27-20-8-6-5-7-18(20)14-23)22(25)24-12-11-17-13-16(3)9-10-19(17)26-4/h5-10,13,15,21H,11-12H2,1-4H3,(H,24,25). The van der Waals surface area contributed by atoms with Crippen LogP contribution in [-0.2, 0) is 11.2 Å². The van der Waals surface area contributed by atoms with Crippen molar-refractivity contribution >= 4 is 5.91 Å². The first kappa shape index (κ1) is 20.3. The van der Waals surface area contributed by atoms with Gasteiger partial charge >= 0.3 is 0 Å². The minimum atomic E-state index is -0.668. The number of carbonyl (C=O) groups excluding carboxylic acids is 1. The molecule has 0 heterocycles. The molecule has 0 aliphatic rings. The SMILES string of the molecule is COc1ccc(C)cc1CCNC(=O)C(Oc1ccccc1C#N)C(C)C. The largest absolute Gasteiger partial charge is 0.496 e. The fourth-order valence-corrected chi connectivity index (χ4v) is 2.81. The van der Waals surface area contributed by atoms with Crippen LogP contribution in [0.15, 0.2) is 42.5 Å². The summed E-state index contributed by atoms with van der Waals surface area (Å²) >= 11 is 0. The van der Waals surface area contributed by atoms with Gasteiger partial charge < -0.3 is 14.8 Å². The van der Waals surface area contributed by atoms with Crippen LogP contribution in [0.3, 0.4) is 0 Å². The van der Waals surface area contributed by atoms with E-state index in [0.717, 1.165) is 16.9 Å². The van der Waals surface area contributed by atoms with Gasteiger partial charge in [0.15, 0.2) is 6.10 Å². The van der Waals surface area contributed by atoms with Gasteiger partial charge in [-0.15, -0.1) is 0 Å². The maximum Gasteiger partial charge on any atom is 0.261 e. The molecule has 1 N–H and O–H groups in total. The van der Waals surface area contributed by atoms with Gasteiger partial charge in [0.25, 0.3) is 5.91 Å². The number of carbonyl (C=O) groups is 1. The zero-order chi connectivity index (χ0) is 19.8. The van der Waals surface area contributed by atoms with E-state index in [9.17, 15) is 10.1 Å². The molecule has 1 atom stereocenters. The highest BCUT2D eigenvalue weighted by molar-refractivity contribution is 5.81. The molecule has 5 nitrogen and oxygen atoms in total. The van der Waals surface area contributed by atoms with Crippen LogP contribution in [0.1, 0.15) is 30.5 Å². The number of methoxy groups -OCH3 is 1. The summed E-state index contributed by atoms with van der Waals surface area (Å²) in [5.74, 6) is 1.01. The molecule has 0 saturated heterocycles. The van der Waals surface area contributed by atoms with Gasteiger partial charge in [-0.1, -0.05) is 43.7 Å². The lowest BCUT2D eigenvalue weighted by Gasteiger charge is -2.22. The molecule has 0 saturated carbocycles. The molecule has 1 amide bonds. The van der Waals surface area contributed by atoms with Gasteiger partial charge in [0.2, 0.25) is 0 Å². The Balaban J connectivity index is 2.02. The molecule has 0 aliphatic carbocycles. The van der Waals surface area contributed by atoms with E-state index < -0.39 is 6.10 Å². The van der Waals surface area contributed by atoms with Crippen LogP contribution >= 0.6 is 0 Å². The van der Waals surface area contributed by atoms with Crippen LogP contribution in [0.25, 0.3) is 0 Å².